The highest BCUT2D eigenvalue weighted by molar-refractivity contribution is 14.1. The third-order valence-corrected chi connectivity index (χ3v) is 5.25. The van der Waals surface area contributed by atoms with Crippen molar-refractivity contribution in [1.82, 2.24) is 5.43 Å². The van der Waals surface area contributed by atoms with Gasteiger partial charge in [-0.2, -0.15) is 5.10 Å². The second kappa shape index (κ2) is 10.2. The first-order chi connectivity index (χ1) is 14.5. The molecule has 0 aliphatic carbocycles. The monoisotopic (exact) mass is 534 g/mol. The molecule has 0 bridgehead atoms. The largest absolute Gasteiger partial charge is 0.493 e. The fraction of sp³-hybridized carbons (Fsp3) is 0.0455. The second-order valence-electron chi connectivity index (χ2n) is 5.96. The Morgan fingerprint density at radius 1 is 1.00 bits per heavy atom. The molecular formula is C22H16ClIN2O4. The van der Waals surface area contributed by atoms with E-state index in [4.69, 9.17) is 21.1 Å². The Morgan fingerprint density at radius 3 is 2.40 bits per heavy atom. The highest BCUT2D eigenvalue weighted by Crippen LogP contribution is 2.29. The van der Waals surface area contributed by atoms with Gasteiger partial charge in [0.15, 0.2) is 11.5 Å². The number of rotatable bonds is 6. The normalized spacial score (nSPS) is 10.6. The second-order valence-corrected chi connectivity index (χ2v) is 7.53. The van der Waals surface area contributed by atoms with E-state index >= 15 is 0 Å². The number of nitrogens with zero attached hydrogens (tertiary/aromatic N) is 1. The number of amides is 1. The van der Waals surface area contributed by atoms with Crippen molar-refractivity contribution in [3.8, 4) is 11.5 Å². The molecule has 0 saturated carbocycles. The summed E-state index contributed by atoms with van der Waals surface area (Å²) in [6, 6.07) is 18.7. The molecule has 0 atom stereocenters. The Morgan fingerprint density at radius 2 is 1.70 bits per heavy atom. The average molecular weight is 535 g/mol. The first-order valence-corrected chi connectivity index (χ1v) is 10.2. The summed E-state index contributed by atoms with van der Waals surface area (Å²) in [6.07, 6.45) is 1.47. The fourth-order valence-corrected chi connectivity index (χ4v) is 3.35. The molecule has 0 fully saturated rings. The van der Waals surface area contributed by atoms with Crippen LogP contribution >= 0.6 is 34.2 Å². The number of ether oxygens (including phenoxy) is 2. The van der Waals surface area contributed by atoms with Crippen molar-refractivity contribution in [3.63, 3.8) is 0 Å². The number of esters is 1. The van der Waals surface area contributed by atoms with E-state index in [-0.39, 0.29) is 17.2 Å². The Hall–Kier alpha value is -2.91. The predicted octanol–water partition coefficient (Wildman–Crippen LogP) is 4.94. The van der Waals surface area contributed by atoms with Gasteiger partial charge in [-0.3, -0.25) is 4.79 Å². The standard InChI is InChI=1S/C22H16ClIN2O4/c1-29-20-12-14(13-25-26-21(27)16-7-3-5-9-18(16)24)10-11-19(20)30-22(28)15-6-2-4-8-17(15)23/h2-13H,1H3,(H,26,27). The van der Waals surface area contributed by atoms with Gasteiger partial charge >= 0.3 is 5.97 Å². The number of nitrogens with one attached hydrogen (secondary N) is 1. The molecule has 6 nitrogen and oxygen atoms in total. The Bertz CT molecular complexity index is 1120. The van der Waals surface area contributed by atoms with Crippen LogP contribution in [0.1, 0.15) is 26.3 Å². The van der Waals surface area contributed by atoms with Gasteiger partial charge in [-0.25, -0.2) is 10.2 Å². The lowest BCUT2D eigenvalue weighted by molar-refractivity contribution is 0.0729. The van der Waals surface area contributed by atoms with Gasteiger partial charge in [-0.15, -0.1) is 0 Å². The number of carbonyl (C=O) groups excluding carboxylic acids is 2. The minimum absolute atomic E-state index is 0.238. The summed E-state index contributed by atoms with van der Waals surface area (Å²) in [4.78, 5) is 24.6. The van der Waals surface area contributed by atoms with Crippen LogP contribution in [0.25, 0.3) is 0 Å². The molecule has 3 aromatic carbocycles. The number of hydrogen-bond donors (Lipinski definition) is 1. The lowest BCUT2D eigenvalue weighted by atomic mass is 10.2. The third kappa shape index (κ3) is 5.37. The van der Waals surface area contributed by atoms with Crippen LogP contribution in [0.2, 0.25) is 5.02 Å². The molecule has 30 heavy (non-hydrogen) atoms. The summed E-state index contributed by atoms with van der Waals surface area (Å²) in [5, 5.41) is 4.28. The quantitative estimate of drug-likeness (QED) is 0.160. The van der Waals surface area contributed by atoms with Gasteiger partial charge in [0.1, 0.15) is 0 Å². The maximum Gasteiger partial charge on any atom is 0.345 e. The van der Waals surface area contributed by atoms with Crippen LogP contribution in [0.3, 0.4) is 0 Å². The van der Waals surface area contributed by atoms with E-state index in [2.05, 4.69) is 33.1 Å². The lowest BCUT2D eigenvalue weighted by Gasteiger charge is -2.10. The molecule has 1 N–H and O–H groups in total. The summed E-state index contributed by atoms with van der Waals surface area (Å²) >= 11 is 8.12. The van der Waals surface area contributed by atoms with Crippen LogP contribution in [0.4, 0.5) is 0 Å². The van der Waals surface area contributed by atoms with Crippen molar-refractivity contribution in [1.29, 1.82) is 0 Å². The molecule has 0 spiro atoms. The molecule has 0 aliphatic heterocycles. The molecule has 0 radical (unpaired) electrons. The average Bonchev–Trinajstić information content (AvgIpc) is 2.75. The number of hydrogen-bond acceptors (Lipinski definition) is 5. The van der Waals surface area contributed by atoms with Crippen molar-refractivity contribution in [2.45, 2.75) is 0 Å². The summed E-state index contributed by atoms with van der Waals surface area (Å²) in [6.45, 7) is 0. The van der Waals surface area contributed by atoms with E-state index in [1.807, 2.05) is 12.1 Å². The van der Waals surface area contributed by atoms with Crippen LogP contribution in [0.5, 0.6) is 11.5 Å². The summed E-state index contributed by atoms with van der Waals surface area (Å²) in [7, 11) is 1.46. The van der Waals surface area contributed by atoms with Gasteiger partial charge in [0, 0.05) is 3.57 Å². The number of benzene rings is 3. The molecule has 1 amide bonds. The number of carbonyl (C=O) groups is 2. The van der Waals surface area contributed by atoms with Crippen molar-refractivity contribution in [2.24, 2.45) is 5.10 Å². The first kappa shape index (κ1) is 21.8. The first-order valence-electron chi connectivity index (χ1n) is 8.72. The molecule has 0 aromatic heterocycles. The van der Waals surface area contributed by atoms with Gasteiger partial charge < -0.3 is 9.47 Å². The molecule has 152 valence electrons. The van der Waals surface area contributed by atoms with E-state index in [1.165, 1.54) is 13.3 Å². The fourth-order valence-electron chi connectivity index (χ4n) is 2.50. The number of methoxy groups -OCH3 is 1. The maximum atomic E-state index is 12.4. The van der Waals surface area contributed by atoms with Gasteiger partial charge in [-0.1, -0.05) is 35.9 Å². The molecule has 3 aromatic rings. The van der Waals surface area contributed by atoms with Crippen LogP contribution in [0.15, 0.2) is 71.8 Å². The summed E-state index contributed by atoms with van der Waals surface area (Å²) in [5.74, 6) is -0.329. The van der Waals surface area contributed by atoms with Crippen LogP contribution < -0.4 is 14.9 Å². The lowest BCUT2D eigenvalue weighted by Crippen LogP contribution is -2.18. The molecule has 8 heteroatoms. The molecule has 0 heterocycles. The van der Waals surface area contributed by atoms with Gasteiger partial charge in [0.2, 0.25) is 0 Å². The van der Waals surface area contributed by atoms with E-state index in [0.717, 1.165) is 3.57 Å². The van der Waals surface area contributed by atoms with Crippen molar-refractivity contribution in [3.05, 3.63) is 92.0 Å². The van der Waals surface area contributed by atoms with E-state index < -0.39 is 5.97 Å². The van der Waals surface area contributed by atoms with Crippen LogP contribution in [-0.4, -0.2) is 25.2 Å². The Balaban J connectivity index is 1.70. The molecular weight excluding hydrogens is 519 g/mol. The minimum Gasteiger partial charge on any atom is -0.493 e. The van der Waals surface area contributed by atoms with E-state index in [9.17, 15) is 9.59 Å². The SMILES string of the molecule is COc1cc(C=NNC(=O)c2ccccc2I)ccc1OC(=O)c1ccccc1Cl. The summed E-state index contributed by atoms with van der Waals surface area (Å²) < 4.78 is 11.5. The molecule has 0 saturated heterocycles. The highest BCUT2D eigenvalue weighted by atomic mass is 127. The van der Waals surface area contributed by atoms with Crippen molar-refractivity contribution >= 4 is 52.3 Å². The van der Waals surface area contributed by atoms with Gasteiger partial charge in [0.05, 0.1) is 29.5 Å². The Labute approximate surface area is 192 Å². The van der Waals surface area contributed by atoms with Crippen molar-refractivity contribution in [2.75, 3.05) is 7.11 Å². The summed E-state index contributed by atoms with van der Waals surface area (Å²) in [5.41, 5.74) is 3.92. The molecule has 3 rings (SSSR count). The zero-order valence-corrected chi connectivity index (χ0v) is 18.7. The van der Waals surface area contributed by atoms with Gasteiger partial charge in [-0.05, 0) is 70.6 Å². The topological polar surface area (TPSA) is 77.0 Å². The van der Waals surface area contributed by atoms with Crippen LogP contribution in [0, 0.1) is 3.57 Å². The Kier molecular flexibility index (Phi) is 7.42. The maximum absolute atomic E-state index is 12.4. The highest BCUT2D eigenvalue weighted by Gasteiger charge is 2.15. The number of halogens is 2. The van der Waals surface area contributed by atoms with Crippen molar-refractivity contribution < 1.29 is 19.1 Å². The molecule has 0 unspecified atom stereocenters. The zero-order chi connectivity index (χ0) is 21.5. The predicted molar refractivity (Wildman–Crippen MR) is 124 cm³/mol. The van der Waals surface area contributed by atoms with Gasteiger partial charge in [0.25, 0.3) is 5.91 Å². The van der Waals surface area contributed by atoms with E-state index in [1.54, 1.807) is 54.6 Å². The molecule has 0 aliphatic rings. The number of hydrazone groups is 1. The van der Waals surface area contributed by atoms with Crippen LogP contribution in [-0.2, 0) is 0 Å². The van der Waals surface area contributed by atoms with E-state index in [0.29, 0.717) is 21.9 Å². The smallest absolute Gasteiger partial charge is 0.345 e. The third-order valence-electron chi connectivity index (χ3n) is 3.98. The zero-order valence-electron chi connectivity index (χ0n) is 15.8. The minimum atomic E-state index is -0.593.